The van der Waals surface area contributed by atoms with Crippen molar-refractivity contribution in [2.24, 2.45) is 5.41 Å². The molecule has 30 heavy (non-hydrogen) atoms. The number of nitrogens with zero attached hydrogens (tertiary/aromatic N) is 12. The summed E-state index contributed by atoms with van der Waals surface area (Å²) < 4.78 is 16.7. The first-order valence-corrected chi connectivity index (χ1v) is 9.87. The minimum Gasteiger partial charge on any atom is -0.460 e. The van der Waals surface area contributed by atoms with Crippen molar-refractivity contribution in [3.8, 4) is 18.0 Å². The molecule has 0 aliphatic rings. The monoisotopic (exact) mass is 540 g/mol. The standard InChI is InChI=1S/C11H8BrCl3N12O3/c12-1-11(2-28-8-22-16-5(13)17-23-8,3-29-9-24-18-6(14)19-25-9)4-30-10-26-20-7(15)21-27-10/h1-4H2. The van der Waals surface area contributed by atoms with Crippen LogP contribution in [0.1, 0.15) is 0 Å². The zero-order valence-corrected chi connectivity index (χ0v) is 18.3. The van der Waals surface area contributed by atoms with Crippen LogP contribution in [0, 0.1) is 5.41 Å². The van der Waals surface area contributed by atoms with Gasteiger partial charge in [-0.05, 0) is 34.8 Å². The van der Waals surface area contributed by atoms with E-state index in [1.807, 2.05) is 0 Å². The third-order valence-corrected chi connectivity index (χ3v) is 4.76. The van der Waals surface area contributed by atoms with Crippen LogP contribution in [0.2, 0.25) is 15.9 Å². The van der Waals surface area contributed by atoms with Crippen LogP contribution in [0.3, 0.4) is 0 Å². The van der Waals surface area contributed by atoms with Crippen LogP contribution in [-0.2, 0) is 0 Å². The normalized spacial score (nSPS) is 11.2. The molecule has 19 heteroatoms. The second-order valence-corrected chi connectivity index (χ2v) is 6.93. The van der Waals surface area contributed by atoms with Crippen LogP contribution in [0.4, 0.5) is 0 Å². The number of halogens is 4. The highest BCUT2D eigenvalue weighted by atomic mass is 79.9. The quantitative estimate of drug-likeness (QED) is 0.319. The van der Waals surface area contributed by atoms with Gasteiger partial charge in [0, 0.05) is 5.33 Å². The fourth-order valence-corrected chi connectivity index (χ4v) is 2.40. The maximum Gasteiger partial charge on any atom is 0.355 e. The number of hydrogen-bond acceptors (Lipinski definition) is 15. The van der Waals surface area contributed by atoms with Gasteiger partial charge in [0.05, 0.1) is 5.41 Å². The van der Waals surface area contributed by atoms with Crippen molar-refractivity contribution >= 4 is 50.7 Å². The molecular weight excluding hydrogens is 534 g/mol. The largest absolute Gasteiger partial charge is 0.460 e. The van der Waals surface area contributed by atoms with E-state index < -0.39 is 5.41 Å². The highest BCUT2D eigenvalue weighted by Gasteiger charge is 2.34. The predicted molar refractivity (Wildman–Crippen MR) is 101 cm³/mol. The minimum atomic E-state index is -0.866. The Kier molecular flexibility index (Phi) is 7.83. The van der Waals surface area contributed by atoms with Gasteiger partial charge in [-0.25, -0.2) is 0 Å². The molecule has 15 nitrogen and oxygen atoms in total. The molecule has 0 N–H and O–H groups in total. The van der Waals surface area contributed by atoms with Crippen molar-refractivity contribution in [2.75, 3.05) is 25.2 Å². The average Bonchev–Trinajstić information content (AvgIpc) is 2.77. The van der Waals surface area contributed by atoms with E-state index in [-0.39, 0.29) is 53.7 Å². The van der Waals surface area contributed by atoms with E-state index in [9.17, 15) is 0 Å². The lowest BCUT2D eigenvalue weighted by atomic mass is 9.94. The molecule has 3 rings (SSSR count). The van der Waals surface area contributed by atoms with E-state index in [1.54, 1.807) is 0 Å². The maximum absolute atomic E-state index is 5.57. The molecular formula is C11H8BrCl3N12O3. The molecule has 0 radical (unpaired) electrons. The smallest absolute Gasteiger partial charge is 0.355 e. The molecule has 158 valence electrons. The lowest BCUT2D eigenvalue weighted by Crippen LogP contribution is -2.42. The first kappa shape index (κ1) is 22.3. The van der Waals surface area contributed by atoms with E-state index in [2.05, 4.69) is 77.1 Å². The van der Waals surface area contributed by atoms with Crippen molar-refractivity contribution in [3.63, 3.8) is 0 Å². The summed E-state index contributed by atoms with van der Waals surface area (Å²) >= 11 is 20.1. The van der Waals surface area contributed by atoms with Gasteiger partial charge >= 0.3 is 18.0 Å². The van der Waals surface area contributed by atoms with Crippen molar-refractivity contribution in [2.45, 2.75) is 0 Å². The zero-order chi connectivity index (χ0) is 21.4. The summed E-state index contributed by atoms with van der Waals surface area (Å²) in [5.74, 6) is 0. The minimum absolute atomic E-state index is 0.0217. The van der Waals surface area contributed by atoms with Crippen LogP contribution in [0.5, 0.6) is 18.0 Å². The molecule has 0 aliphatic heterocycles. The number of hydrogen-bond donors (Lipinski definition) is 0. The molecule has 0 bridgehead atoms. The highest BCUT2D eigenvalue weighted by Crippen LogP contribution is 2.24. The summed E-state index contributed by atoms with van der Waals surface area (Å²) in [5, 5.41) is 43.3. The summed E-state index contributed by atoms with van der Waals surface area (Å²) in [6.07, 6.45) is 0. The van der Waals surface area contributed by atoms with E-state index in [4.69, 9.17) is 49.0 Å². The fraction of sp³-hybridized carbons (Fsp3) is 0.455. The Morgan fingerprint density at radius 1 is 0.533 bits per heavy atom. The summed E-state index contributed by atoms with van der Waals surface area (Å²) in [7, 11) is 0. The van der Waals surface area contributed by atoms with Gasteiger partial charge in [0.15, 0.2) is 0 Å². The van der Waals surface area contributed by atoms with Crippen molar-refractivity contribution in [1.82, 2.24) is 61.2 Å². The third-order valence-electron chi connectivity index (χ3n) is 3.11. The van der Waals surface area contributed by atoms with E-state index in [1.165, 1.54) is 0 Å². The molecule has 0 aliphatic carbocycles. The Bertz CT molecular complexity index is 818. The first-order valence-electron chi connectivity index (χ1n) is 7.61. The van der Waals surface area contributed by atoms with Crippen molar-refractivity contribution in [3.05, 3.63) is 15.9 Å². The van der Waals surface area contributed by atoms with E-state index >= 15 is 0 Å². The number of rotatable bonds is 10. The van der Waals surface area contributed by atoms with Crippen LogP contribution in [-0.4, -0.2) is 86.3 Å². The topological polar surface area (TPSA) is 182 Å². The summed E-state index contributed by atoms with van der Waals surface area (Å²) in [6, 6.07) is -0.328. The van der Waals surface area contributed by atoms with Gasteiger partial charge in [0.1, 0.15) is 19.8 Å². The number of aromatic nitrogens is 12. The van der Waals surface area contributed by atoms with Gasteiger partial charge < -0.3 is 14.2 Å². The predicted octanol–water partition coefficient (Wildman–Crippen LogP) is 0.305. The Morgan fingerprint density at radius 2 is 0.800 bits per heavy atom. The van der Waals surface area contributed by atoms with E-state index in [0.29, 0.717) is 5.33 Å². The second-order valence-electron chi connectivity index (χ2n) is 5.35. The third kappa shape index (κ3) is 6.54. The lowest BCUT2D eigenvalue weighted by Gasteiger charge is -2.29. The molecule has 0 fully saturated rings. The summed E-state index contributed by atoms with van der Waals surface area (Å²) in [5.41, 5.74) is -0.866. The zero-order valence-electron chi connectivity index (χ0n) is 14.4. The first-order chi connectivity index (χ1) is 14.5. The molecule has 0 saturated heterocycles. The number of alkyl halides is 1. The molecule has 3 aromatic rings. The molecule has 3 heterocycles. The molecule has 0 unspecified atom stereocenters. The van der Waals surface area contributed by atoms with E-state index in [0.717, 1.165) is 0 Å². The van der Waals surface area contributed by atoms with Gasteiger partial charge in [-0.15, -0.1) is 30.6 Å². The van der Waals surface area contributed by atoms with Gasteiger partial charge in [-0.2, -0.15) is 0 Å². The molecule has 0 amide bonds. The fourth-order valence-electron chi connectivity index (χ4n) is 1.69. The Labute approximate surface area is 190 Å². The number of ether oxygens (including phenoxy) is 3. The van der Waals surface area contributed by atoms with Gasteiger partial charge in [0.2, 0.25) is 0 Å². The Hall–Kier alpha value is -2.43. The Balaban J connectivity index is 1.72. The Morgan fingerprint density at radius 3 is 1.03 bits per heavy atom. The molecule has 0 atom stereocenters. The molecule has 0 aromatic carbocycles. The van der Waals surface area contributed by atoms with Crippen molar-refractivity contribution < 1.29 is 14.2 Å². The second kappa shape index (κ2) is 10.6. The molecule has 3 aromatic heterocycles. The lowest BCUT2D eigenvalue weighted by molar-refractivity contribution is 0.0394. The molecule has 0 spiro atoms. The van der Waals surface area contributed by atoms with Gasteiger partial charge in [0.25, 0.3) is 15.9 Å². The maximum atomic E-state index is 5.57. The van der Waals surface area contributed by atoms with Crippen LogP contribution in [0.15, 0.2) is 0 Å². The summed E-state index contributed by atoms with van der Waals surface area (Å²) in [4.78, 5) is 0. The van der Waals surface area contributed by atoms with Crippen LogP contribution in [0.25, 0.3) is 0 Å². The SMILES string of the molecule is Clc1nnc(OCC(CBr)(COc2nnc(Cl)nn2)COc2nnc(Cl)nn2)nn1. The van der Waals surface area contributed by atoms with Gasteiger partial charge in [-0.1, -0.05) is 46.5 Å². The van der Waals surface area contributed by atoms with Crippen LogP contribution < -0.4 is 14.2 Å². The average molecular weight is 543 g/mol. The van der Waals surface area contributed by atoms with Crippen LogP contribution >= 0.6 is 50.7 Å². The highest BCUT2D eigenvalue weighted by molar-refractivity contribution is 9.09. The van der Waals surface area contributed by atoms with Crippen molar-refractivity contribution in [1.29, 1.82) is 0 Å². The molecule has 0 saturated carbocycles. The van der Waals surface area contributed by atoms with Gasteiger partial charge in [-0.3, -0.25) is 0 Å². The summed E-state index contributed by atoms with van der Waals surface area (Å²) in [6.45, 7) is -0.0651.